The summed E-state index contributed by atoms with van der Waals surface area (Å²) >= 11 is 0. The molecule has 0 radical (unpaired) electrons. The van der Waals surface area contributed by atoms with E-state index < -0.39 is 0 Å². The van der Waals surface area contributed by atoms with Gasteiger partial charge in [-0.15, -0.1) is 0 Å². The highest BCUT2D eigenvalue weighted by Gasteiger charge is 2.29. The van der Waals surface area contributed by atoms with Gasteiger partial charge in [-0.2, -0.15) is 0 Å². The molecule has 1 unspecified atom stereocenters. The van der Waals surface area contributed by atoms with Crippen LogP contribution in [0.1, 0.15) is 30.7 Å². The van der Waals surface area contributed by atoms with E-state index in [9.17, 15) is 4.79 Å². The second kappa shape index (κ2) is 4.40. The predicted octanol–water partition coefficient (Wildman–Crippen LogP) is 2.54. The summed E-state index contributed by atoms with van der Waals surface area (Å²) in [5.41, 5.74) is 2.16. The molecule has 3 nitrogen and oxygen atoms in total. The normalized spacial score (nSPS) is 22.5. The maximum absolute atomic E-state index is 12.0. The summed E-state index contributed by atoms with van der Waals surface area (Å²) in [5, 5.41) is 3.32. The zero-order chi connectivity index (χ0) is 11.7. The van der Waals surface area contributed by atoms with Gasteiger partial charge >= 0.3 is 5.97 Å². The minimum absolute atomic E-state index is 0.0501. The number of nitrogens with one attached hydrogen (secondary N) is 1. The fraction of sp³-hybridized carbons (Fsp3) is 0.500. The molecule has 1 aromatic carbocycles. The first-order chi connectivity index (χ1) is 8.34. The van der Waals surface area contributed by atoms with Gasteiger partial charge in [0.2, 0.25) is 0 Å². The van der Waals surface area contributed by atoms with Crippen molar-refractivity contribution in [1.29, 1.82) is 0 Å². The quantitative estimate of drug-likeness (QED) is 0.812. The lowest BCUT2D eigenvalue weighted by molar-refractivity contribution is -0.146. The van der Waals surface area contributed by atoms with Crippen LogP contribution in [0.5, 0.6) is 0 Å². The van der Waals surface area contributed by atoms with Gasteiger partial charge in [0.05, 0.1) is 12.5 Å². The van der Waals surface area contributed by atoms with Gasteiger partial charge in [-0.05, 0) is 36.8 Å². The molecular formula is C14H17NO2. The van der Waals surface area contributed by atoms with Crippen molar-refractivity contribution in [3.63, 3.8) is 0 Å². The molecule has 0 spiro atoms. The van der Waals surface area contributed by atoms with Gasteiger partial charge in [-0.25, -0.2) is 0 Å². The Balaban J connectivity index is 1.72. The smallest absolute Gasteiger partial charge is 0.313 e. The molecule has 1 saturated carbocycles. The largest absolute Gasteiger partial charge is 0.465 e. The van der Waals surface area contributed by atoms with Gasteiger partial charge in [0, 0.05) is 12.2 Å². The molecule has 0 aromatic heterocycles. The molecule has 90 valence electrons. The van der Waals surface area contributed by atoms with Crippen LogP contribution in [0.25, 0.3) is 0 Å². The fourth-order valence-corrected chi connectivity index (χ4v) is 2.30. The zero-order valence-corrected chi connectivity index (χ0v) is 9.82. The van der Waals surface area contributed by atoms with Gasteiger partial charge in [-0.1, -0.05) is 18.2 Å². The average Bonchev–Trinajstić information content (AvgIpc) is 3.19. The minimum Gasteiger partial charge on any atom is -0.465 e. The Morgan fingerprint density at radius 3 is 2.94 bits per heavy atom. The number of ether oxygens (including phenoxy) is 1. The van der Waals surface area contributed by atoms with Crippen LogP contribution in [0, 0.1) is 5.92 Å². The number of esters is 1. The van der Waals surface area contributed by atoms with Crippen molar-refractivity contribution in [2.24, 2.45) is 5.92 Å². The number of anilines is 1. The van der Waals surface area contributed by atoms with E-state index in [2.05, 4.69) is 5.32 Å². The maximum atomic E-state index is 12.0. The van der Waals surface area contributed by atoms with Crippen LogP contribution in [0.15, 0.2) is 24.3 Å². The Morgan fingerprint density at radius 1 is 1.29 bits per heavy atom. The number of benzene rings is 1. The molecular weight excluding hydrogens is 214 g/mol. The van der Waals surface area contributed by atoms with Crippen molar-refractivity contribution >= 4 is 11.7 Å². The summed E-state index contributed by atoms with van der Waals surface area (Å²) in [5.74, 6) is 0.507. The molecule has 2 aliphatic rings. The third-order valence-electron chi connectivity index (χ3n) is 3.53. The molecule has 1 aromatic rings. The Bertz CT molecular complexity index is 426. The standard InChI is InChI=1S/C14H17NO2/c16-14(17-9-10-5-6-10)12-7-8-15-13-4-2-1-3-11(12)13/h1-4,10,12,15H,5-9H2. The van der Waals surface area contributed by atoms with Crippen molar-refractivity contribution in [1.82, 2.24) is 0 Å². The van der Waals surface area contributed by atoms with Gasteiger partial charge in [0.25, 0.3) is 0 Å². The molecule has 0 saturated heterocycles. The Hall–Kier alpha value is -1.51. The van der Waals surface area contributed by atoms with Crippen molar-refractivity contribution < 1.29 is 9.53 Å². The van der Waals surface area contributed by atoms with Crippen LogP contribution in [-0.2, 0) is 9.53 Å². The molecule has 1 atom stereocenters. The molecule has 17 heavy (non-hydrogen) atoms. The van der Waals surface area contributed by atoms with Gasteiger partial charge < -0.3 is 10.1 Å². The third kappa shape index (κ3) is 2.28. The SMILES string of the molecule is O=C(OCC1CC1)C1CCNc2ccccc21. The molecule has 3 heteroatoms. The topological polar surface area (TPSA) is 38.3 Å². The number of hydrogen-bond donors (Lipinski definition) is 1. The number of rotatable bonds is 3. The second-order valence-electron chi connectivity index (χ2n) is 4.93. The Kier molecular flexibility index (Phi) is 2.75. The number of carbonyl (C=O) groups excluding carboxylic acids is 1. The molecule has 1 aliphatic heterocycles. The second-order valence-corrected chi connectivity index (χ2v) is 4.93. The van der Waals surface area contributed by atoms with Gasteiger partial charge in [-0.3, -0.25) is 4.79 Å². The van der Waals surface area contributed by atoms with Crippen molar-refractivity contribution in [3.05, 3.63) is 29.8 Å². The van der Waals surface area contributed by atoms with Crippen molar-refractivity contribution in [3.8, 4) is 0 Å². The van der Waals surface area contributed by atoms with Gasteiger partial charge in [0.15, 0.2) is 0 Å². The number of carbonyl (C=O) groups is 1. The first-order valence-corrected chi connectivity index (χ1v) is 6.34. The van der Waals surface area contributed by atoms with Gasteiger partial charge in [0.1, 0.15) is 0 Å². The fourth-order valence-electron chi connectivity index (χ4n) is 2.30. The molecule has 1 heterocycles. The highest BCUT2D eigenvalue weighted by molar-refractivity contribution is 5.81. The molecule has 0 amide bonds. The lowest BCUT2D eigenvalue weighted by Gasteiger charge is -2.25. The first-order valence-electron chi connectivity index (χ1n) is 6.34. The summed E-state index contributed by atoms with van der Waals surface area (Å²) in [6.45, 7) is 1.46. The maximum Gasteiger partial charge on any atom is 0.313 e. The first kappa shape index (κ1) is 10.6. The lowest BCUT2D eigenvalue weighted by atomic mass is 9.91. The molecule has 0 bridgehead atoms. The van der Waals surface area contributed by atoms with Crippen molar-refractivity contribution in [2.45, 2.75) is 25.2 Å². The van der Waals surface area contributed by atoms with E-state index in [1.54, 1.807) is 0 Å². The molecule has 1 aliphatic carbocycles. The summed E-state index contributed by atoms with van der Waals surface area (Å²) in [6, 6.07) is 8.01. The Morgan fingerprint density at radius 2 is 2.12 bits per heavy atom. The highest BCUT2D eigenvalue weighted by Crippen LogP contribution is 2.33. The van der Waals surface area contributed by atoms with Crippen LogP contribution in [0.3, 0.4) is 0 Å². The van der Waals surface area contributed by atoms with E-state index in [4.69, 9.17) is 4.74 Å². The zero-order valence-electron chi connectivity index (χ0n) is 9.82. The molecule has 1 fully saturated rings. The number of hydrogen-bond acceptors (Lipinski definition) is 3. The Labute approximate surface area is 101 Å². The van der Waals surface area contributed by atoms with E-state index in [0.29, 0.717) is 12.5 Å². The van der Waals surface area contributed by atoms with E-state index in [1.165, 1.54) is 12.8 Å². The number of fused-ring (bicyclic) bond motifs is 1. The third-order valence-corrected chi connectivity index (χ3v) is 3.53. The minimum atomic E-state index is -0.0776. The lowest BCUT2D eigenvalue weighted by Crippen LogP contribution is -2.25. The van der Waals surface area contributed by atoms with E-state index >= 15 is 0 Å². The van der Waals surface area contributed by atoms with E-state index in [-0.39, 0.29) is 11.9 Å². The molecule has 3 rings (SSSR count). The monoisotopic (exact) mass is 231 g/mol. The highest BCUT2D eigenvalue weighted by atomic mass is 16.5. The summed E-state index contributed by atoms with van der Waals surface area (Å²) in [6.07, 6.45) is 3.27. The van der Waals surface area contributed by atoms with Crippen LogP contribution in [0.4, 0.5) is 5.69 Å². The van der Waals surface area contributed by atoms with Crippen molar-refractivity contribution in [2.75, 3.05) is 18.5 Å². The predicted molar refractivity (Wildman–Crippen MR) is 66.0 cm³/mol. The van der Waals surface area contributed by atoms with E-state index in [1.807, 2.05) is 24.3 Å². The van der Waals surface area contributed by atoms with Crippen LogP contribution in [-0.4, -0.2) is 19.1 Å². The summed E-state index contributed by atoms with van der Waals surface area (Å²) < 4.78 is 5.40. The molecule has 1 N–H and O–H groups in total. The van der Waals surface area contributed by atoms with E-state index in [0.717, 1.165) is 24.2 Å². The number of para-hydroxylation sites is 1. The van der Waals surface area contributed by atoms with Crippen LogP contribution >= 0.6 is 0 Å². The summed E-state index contributed by atoms with van der Waals surface area (Å²) in [4.78, 5) is 12.0. The van der Waals surface area contributed by atoms with Crippen LogP contribution in [0.2, 0.25) is 0 Å². The summed E-state index contributed by atoms with van der Waals surface area (Å²) in [7, 11) is 0. The average molecular weight is 231 g/mol. The van der Waals surface area contributed by atoms with Crippen LogP contribution < -0.4 is 5.32 Å².